The van der Waals surface area contributed by atoms with Crippen LogP contribution in [0.15, 0.2) is 71.5 Å². The van der Waals surface area contributed by atoms with E-state index in [1.54, 1.807) is 43.3 Å². The molecule has 3 aromatic heterocycles. The number of anilines is 2. The molecule has 1 amide bonds. The van der Waals surface area contributed by atoms with Gasteiger partial charge in [0.25, 0.3) is 0 Å². The number of aromatic nitrogens is 5. The molecule has 10 nitrogen and oxygen atoms in total. The second-order valence-electron chi connectivity index (χ2n) is 10.1. The summed E-state index contributed by atoms with van der Waals surface area (Å²) in [6, 6.07) is 12.5. The third-order valence-corrected chi connectivity index (χ3v) is 8.19. The van der Waals surface area contributed by atoms with Gasteiger partial charge in [0.05, 0.1) is 28.4 Å². The molecule has 5 rings (SSSR count). The van der Waals surface area contributed by atoms with E-state index in [4.69, 9.17) is 4.74 Å². The molecule has 240 valence electrons. The first-order chi connectivity index (χ1) is 21.8. The number of pyridine rings is 1. The van der Waals surface area contributed by atoms with E-state index < -0.39 is 33.4 Å². The van der Waals surface area contributed by atoms with Crippen LogP contribution in [0.1, 0.15) is 18.1 Å². The second-order valence-corrected chi connectivity index (χ2v) is 12.6. The van der Waals surface area contributed by atoms with Gasteiger partial charge in [0.1, 0.15) is 28.9 Å². The largest absolute Gasteiger partial charge is 0.494 e. The van der Waals surface area contributed by atoms with Gasteiger partial charge in [-0.25, -0.2) is 23.0 Å². The fourth-order valence-electron chi connectivity index (χ4n) is 4.50. The van der Waals surface area contributed by atoms with E-state index >= 15 is 0 Å². The Kier molecular flexibility index (Phi) is 9.27. The van der Waals surface area contributed by atoms with Gasteiger partial charge in [-0.3, -0.25) is 14.5 Å². The lowest BCUT2D eigenvalue weighted by atomic mass is 10.1. The van der Waals surface area contributed by atoms with Gasteiger partial charge in [0, 0.05) is 64.9 Å². The van der Waals surface area contributed by atoms with Crippen LogP contribution in [0.2, 0.25) is 0 Å². The lowest BCUT2D eigenvalue weighted by Crippen LogP contribution is -2.22. The third kappa shape index (κ3) is 7.44. The number of halogens is 5. The monoisotopic (exact) mass is 659 g/mol. The fourth-order valence-corrected chi connectivity index (χ4v) is 5.64. The molecule has 0 bridgehead atoms. The van der Waals surface area contributed by atoms with Crippen molar-refractivity contribution in [2.24, 2.45) is 4.36 Å². The Hall–Kier alpha value is -4.99. The molecule has 16 heteroatoms. The molecule has 0 saturated heterocycles. The van der Waals surface area contributed by atoms with Crippen molar-refractivity contribution in [3.05, 3.63) is 89.9 Å². The Morgan fingerprint density at radius 2 is 1.78 bits per heavy atom. The maximum atomic E-state index is 14.9. The number of ether oxygens (including phenoxy) is 1. The van der Waals surface area contributed by atoms with Crippen LogP contribution in [0.4, 0.5) is 33.5 Å². The van der Waals surface area contributed by atoms with Crippen molar-refractivity contribution >= 4 is 38.0 Å². The topological polar surface area (TPSA) is 124 Å². The van der Waals surface area contributed by atoms with Crippen LogP contribution in [-0.2, 0) is 27.5 Å². The fraction of sp³-hybridized carbons (Fsp3) is 0.233. The van der Waals surface area contributed by atoms with E-state index in [9.17, 15) is 31.0 Å². The number of fused-ring (bicyclic) bond motifs is 1. The molecule has 0 aliphatic carbocycles. The minimum absolute atomic E-state index is 0.0643. The van der Waals surface area contributed by atoms with E-state index in [0.717, 1.165) is 18.4 Å². The van der Waals surface area contributed by atoms with Gasteiger partial charge >= 0.3 is 12.1 Å². The molecule has 1 atom stereocenters. The molecule has 0 aliphatic rings. The summed E-state index contributed by atoms with van der Waals surface area (Å²) in [5, 5.41) is 8.28. The quantitative estimate of drug-likeness (QED) is 0.179. The molecule has 1 unspecified atom stereocenters. The second kappa shape index (κ2) is 13.2. The predicted molar refractivity (Wildman–Crippen MR) is 161 cm³/mol. The molecule has 1 N–H and O–H groups in total. The summed E-state index contributed by atoms with van der Waals surface area (Å²) in [6.45, 7) is 1.69. The van der Waals surface area contributed by atoms with E-state index in [2.05, 4.69) is 29.7 Å². The molecule has 0 aliphatic heterocycles. The number of carbonyl (C=O) groups excluding carboxylic acids is 1. The molecular formula is C30H26F5N7O3S. The highest BCUT2D eigenvalue weighted by Crippen LogP contribution is 2.30. The first-order valence-corrected chi connectivity index (χ1v) is 15.8. The van der Waals surface area contributed by atoms with E-state index in [0.29, 0.717) is 22.2 Å². The zero-order valence-electron chi connectivity index (χ0n) is 24.4. The Morgan fingerprint density at radius 3 is 2.46 bits per heavy atom. The van der Waals surface area contributed by atoms with Crippen molar-refractivity contribution < 1.29 is 35.7 Å². The average molecular weight is 660 g/mol. The summed E-state index contributed by atoms with van der Waals surface area (Å²) in [5.41, 5.74) is 1.54. The number of para-hydroxylation sites is 1. The summed E-state index contributed by atoms with van der Waals surface area (Å²) < 4.78 is 90.3. The summed E-state index contributed by atoms with van der Waals surface area (Å²) in [7, 11) is -3.56. The first-order valence-electron chi connectivity index (χ1n) is 13.7. The molecular weight excluding hydrogens is 633 g/mol. The van der Waals surface area contributed by atoms with E-state index in [-0.39, 0.29) is 54.0 Å². The lowest BCUT2D eigenvalue weighted by Gasteiger charge is -2.13. The van der Waals surface area contributed by atoms with E-state index in [1.165, 1.54) is 23.3 Å². The minimum atomic E-state index is -5.24. The van der Waals surface area contributed by atoms with Crippen molar-refractivity contribution in [2.75, 3.05) is 23.9 Å². The SMILES string of the molecule is CCOc1cc(F)c(Cn2nc(-c3ncc(CCS(C)(=O)=NC(=O)C(F)(F)F)c(Nc4ccncc4)n3)c3ccccc32)c(F)c1. The molecule has 5 aromatic rings. The van der Waals surface area contributed by atoms with Crippen LogP contribution in [-0.4, -0.2) is 59.6 Å². The molecule has 0 saturated carbocycles. The zero-order valence-corrected chi connectivity index (χ0v) is 25.2. The number of rotatable bonds is 10. The predicted octanol–water partition coefficient (Wildman–Crippen LogP) is 6.09. The Morgan fingerprint density at radius 1 is 1.09 bits per heavy atom. The van der Waals surface area contributed by atoms with Crippen molar-refractivity contribution in [2.45, 2.75) is 26.1 Å². The molecule has 0 fully saturated rings. The molecule has 2 aromatic carbocycles. The summed E-state index contributed by atoms with van der Waals surface area (Å²) >= 11 is 0. The summed E-state index contributed by atoms with van der Waals surface area (Å²) in [6.07, 6.45) is 0.0817. The highest BCUT2D eigenvalue weighted by Gasteiger charge is 2.39. The van der Waals surface area contributed by atoms with Gasteiger partial charge in [-0.1, -0.05) is 18.2 Å². The average Bonchev–Trinajstić information content (AvgIpc) is 3.37. The number of nitrogens with one attached hydrogen (secondary N) is 1. The number of aryl methyl sites for hydroxylation is 1. The Balaban J connectivity index is 1.53. The van der Waals surface area contributed by atoms with Crippen molar-refractivity contribution in [3.63, 3.8) is 0 Å². The van der Waals surface area contributed by atoms with Crippen LogP contribution < -0.4 is 10.1 Å². The van der Waals surface area contributed by atoms with Gasteiger partial charge < -0.3 is 10.1 Å². The number of hydrogen-bond acceptors (Lipinski definition) is 8. The van der Waals surface area contributed by atoms with Gasteiger partial charge in [0.2, 0.25) is 0 Å². The smallest absolute Gasteiger partial charge is 0.474 e. The molecule has 3 heterocycles. The van der Waals surface area contributed by atoms with Crippen molar-refractivity contribution in [1.29, 1.82) is 0 Å². The third-order valence-electron chi connectivity index (χ3n) is 6.68. The number of carbonyl (C=O) groups is 1. The normalized spacial score (nSPS) is 12.9. The highest BCUT2D eigenvalue weighted by molar-refractivity contribution is 7.93. The number of nitrogens with zero attached hydrogens (tertiary/aromatic N) is 6. The van der Waals surface area contributed by atoms with Gasteiger partial charge in [-0.15, -0.1) is 0 Å². The first kappa shape index (κ1) is 32.4. The summed E-state index contributed by atoms with van der Waals surface area (Å²) in [4.78, 5) is 24.3. The highest BCUT2D eigenvalue weighted by atomic mass is 32.2. The van der Waals surface area contributed by atoms with Crippen LogP contribution in [0.25, 0.3) is 22.4 Å². The van der Waals surface area contributed by atoms with Gasteiger partial charge in [0.15, 0.2) is 5.82 Å². The Bertz CT molecular complexity index is 2000. The number of benzene rings is 2. The van der Waals surface area contributed by atoms with Crippen molar-refractivity contribution in [1.82, 2.24) is 24.7 Å². The van der Waals surface area contributed by atoms with Crippen LogP contribution in [0.3, 0.4) is 0 Å². The summed E-state index contributed by atoms with van der Waals surface area (Å²) in [5.74, 6) is -4.01. The van der Waals surface area contributed by atoms with Crippen LogP contribution in [0.5, 0.6) is 5.75 Å². The van der Waals surface area contributed by atoms with E-state index in [1.807, 2.05) is 0 Å². The molecule has 0 spiro atoms. The minimum Gasteiger partial charge on any atom is -0.494 e. The maximum Gasteiger partial charge on any atom is 0.474 e. The maximum absolute atomic E-state index is 14.9. The van der Waals surface area contributed by atoms with Crippen LogP contribution >= 0.6 is 0 Å². The number of alkyl halides is 3. The molecule has 46 heavy (non-hydrogen) atoms. The molecule has 0 radical (unpaired) electrons. The van der Waals surface area contributed by atoms with Crippen molar-refractivity contribution in [3.8, 4) is 17.3 Å². The van der Waals surface area contributed by atoms with Crippen LogP contribution in [0, 0.1) is 11.6 Å². The lowest BCUT2D eigenvalue weighted by molar-refractivity contribution is -0.169. The van der Waals surface area contributed by atoms with Gasteiger partial charge in [-0.05, 0) is 31.5 Å². The standard InChI is InChI=1S/C30H26F5N7O3S/c1-3-45-20-14-23(31)22(24(32)15-20)17-42-25-7-5-4-6-21(25)26(40-42)28-37-16-18(27(39-28)38-19-8-11-36-12-9-19)10-13-46(2,44)41-29(43)30(33,34)35/h4-9,11-12,14-16H,3,10,13,17H2,1-2H3,(H,36,37,38,39). The van der Waals surface area contributed by atoms with Gasteiger partial charge in [-0.2, -0.15) is 22.6 Å². The zero-order chi connectivity index (χ0) is 33.1. The number of hydrogen-bond donors (Lipinski definition) is 1. The Labute approximate surface area is 259 Å². The number of amides is 1.